The van der Waals surface area contributed by atoms with Crippen molar-refractivity contribution in [1.29, 1.82) is 0 Å². The maximum absolute atomic E-state index is 6.39. The van der Waals surface area contributed by atoms with Crippen molar-refractivity contribution in [3.8, 4) is 0 Å². The van der Waals surface area contributed by atoms with Crippen LogP contribution in [0, 0.1) is 0 Å². The van der Waals surface area contributed by atoms with Crippen molar-refractivity contribution >= 4 is 114 Å². The Kier molecular flexibility index (Phi) is 10.6. The molecule has 0 aromatic heterocycles. The van der Waals surface area contributed by atoms with Crippen LogP contribution in [0.3, 0.4) is 0 Å². The Morgan fingerprint density at radius 1 is 0.640 bits per heavy atom. The fourth-order valence-electron chi connectivity index (χ4n) is 1.88. The lowest BCUT2D eigenvalue weighted by atomic mass is 10.3. The van der Waals surface area contributed by atoms with Crippen molar-refractivity contribution in [3.63, 3.8) is 0 Å². The summed E-state index contributed by atoms with van der Waals surface area (Å²) in [6.45, 7) is 0. The molecule has 0 amide bonds. The van der Waals surface area contributed by atoms with Crippen LogP contribution in [-0.4, -0.2) is 22.2 Å². The van der Waals surface area contributed by atoms with E-state index in [1.54, 1.807) is 23.5 Å². The number of thioether (sulfide) groups is 2. The zero-order valence-electron chi connectivity index (χ0n) is 12.6. The zero-order valence-corrected chi connectivity index (χ0v) is 21.3. The van der Waals surface area contributed by atoms with Crippen molar-refractivity contribution in [3.05, 3.63) is 44.4 Å². The van der Waals surface area contributed by atoms with Crippen LogP contribution in [0.2, 0.25) is 20.1 Å². The summed E-state index contributed by atoms with van der Waals surface area (Å²) in [5, 5.41) is 4.39. The van der Waals surface area contributed by atoms with E-state index in [4.69, 9.17) is 46.4 Å². The van der Waals surface area contributed by atoms with E-state index in [0.717, 1.165) is 41.7 Å². The molecule has 136 valence electrons. The molecule has 0 N–H and O–H groups in total. The summed E-state index contributed by atoms with van der Waals surface area (Å²) in [6.07, 6.45) is 0. The van der Waals surface area contributed by atoms with Gasteiger partial charge in [-0.1, -0.05) is 90.0 Å². The van der Waals surface area contributed by atoms with Gasteiger partial charge in [0.25, 0.3) is 0 Å². The van der Waals surface area contributed by atoms with Gasteiger partial charge in [0.2, 0.25) is 0 Å². The third kappa shape index (κ3) is 6.86. The second kappa shape index (κ2) is 11.6. The van der Waals surface area contributed by atoms with Crippen LogP contribution in [0.15, 0.2) is 43.8 Å². The molecule has 0 bridgehead atoms. The van der Waals surface area contributed by atoms with Gasteiger partial charge in [-0.05, 0) is 24.3 Å². The second-order valence-corrected chi connectivity index (χ2v) is 11.2. The largest absolute Gasteiger partial charge is 0.122 e. The normalized spacial score (nSPS) is 11.1. The topological polar surface area (TPSA) is 0 Å². The fraction of sp³-hybridized carbons (Fsp3) is 0.250. The molecule has 0 saturated heterocycles. The molecule has 0 heterocycles. The van der Waals surface area contributed by atoms with Crippen LogP contribution >= 0.6 is 114 Å². The van der Waals surface area contributed by atoms with Crippen LogP contribution < -0.4 is 0 Å². The molecule has 0 atom stereocenters. The Balaban J connectivity index is 2.22. The molecule has 0 unspecified atom stereocenters. The van der Waals surface area contributed by atoms with Gasteiger partial charge >= 0.3 is 0 Å². The SMILES string of the molecule is Clc1cc(Sc2cc(Cl)c(SCCBr)c(Cl)c2)cc(Cl)c1SCCBr. The summed E-state index contributed by atoms with van der Waals surface area (Å²) >= 11 is 37.2. The molecule has 0 aliphatic carbocycles. The maximum atomic E-state index is 6.39. The third-order valence-corrected chi connectivity index (χ3v) is 9.53. The highest BCUT2D eigenvalue weighted by Gasteiger charge is 2.13. The average Bonchev–Trinajstić information content (AvgIpc) is 2.53. The summed E-state index contributed by atoms with van der Waals surface area (Å²) in [5.74, 6) is 1.81. The number of benzene rings is 2. The molecule has 0 nitrogen and oxygen atoms in total. The highest BCUT2D eigenvalue weighted by atomic mass is 79.9. The van der Waals surface area contributed by atoms with Crippen molar-refractivity contribution in [2.45, 2.75) is 19.6 Å². The van der Waals surface area contributed by atoms with Crippen molar-refractivity contribution in [2.75, 3.05) is 22.2 Å². The van der Waals surface area contributed by atoms with E-state index in [0.29, 0.717) is 20.1 Å². The summed E-state index contributed by atoms with van der Waals surface area (Å²) < 4.78 is 0. The smallest absolute Gasteiger partial charge is 0.0568 e. The Morgan fingerprint density at radius 3 is 1.24 bits per heavy atom. The lowest BCUT2D eigenvalue weighted by Crippen LogP contribution is -1.86. The number of halogens is 6. The van der Waals surface area contributed by atoms with E-state index in [-0.39, 0.29) is 0 Å². The lowest BCUT2D eigenvalue weighted by molar-refractivity contribution is 1.31. The second-order valence-electron chi connectivity index (χ2n) is 4.61. The molecular weight excluding hydrogens is 590 g/mol. The Bertz CT molecular complexity index is 636. The first-order valence-electron chi connectivity index (χ1n) is 6.99. The van der Waals surface area contributed by atoms with Gasteiger partial charge in [0.1, 0.15) is 0 Å². The molecular formula is C16H12Br2Cl4S3. The molecule has 0 aliphatic rings. The minimum atomic E-state index is 0.655. The van der Waals surface area contributed by atoms with Crippen molar-refractivity contribution in [2.24, 2.45) is 0 Å². The van der Waals surface area contributed by atoms with E-state index < -0.39 is 0 Å². The Morgan fingerprint density at radius 2 is 0.960 bits per heavy atom. The summed E-state index contributed by atoms with van der Waals surface area (Å²) in [7, 11) is 0. The fourth-order valence-corrected chi connectivity index (χ4v) is 7.07. The van der Waals surface area contributed by atoms with E-state index in [2.05, 4.69) is 31.9 Å². The molecule has 2 aromatic rings. The van der Waals surface area contributed by atoms with E-state index in [9.17, 15) is 0 Å². The molecule has 2 rings (SSSR count). The van der Waals surface area contributed by atoms with Crippen LogP contribution in [0.5, 0.6) is 0 Å². The quantitative estimate of drug-likeness (QED) is 0.218. The average molecular weight is 602 g/mol. The van der Waals surface area contributed by atoms with Crippen molar-refractivity contribution in [1.82, 2.24) is 0 Å². The highest BCUT2D eigenvalue weighted by molar-refractivity contribution is 9.09. The van der Waals surface area contributed by atoms with Gasteiger partial charge in [0, 0.05) is 41.7 Å². The van der Waals surface area contributed by atoms with Gasteiger partial charge in [-0.25, -0.2) is 0 Å². The number of hydrogen-bond acceptors (Lipinski definition) is 3. The monoisotopic (exact) mass is 598 g/mol. The molecule has 25 heavy (non-hydrogen) atoms. The van der Waals surface area contributed by atoms with Gasteiger partial charge in [-0.3, -0.25) is 0 Å². The number of hydrogen-bond donors (Lipinski definition) is 0. The predicted octanol–water partition coefficient (Wildman–Crippen LogP) is 9.43. The van der Waals surface area contributed by atoms with Gasteiger partial charge in [-0.15, -0.1) is 23.5 Å². The van der Waals surface area contributed by atoms with E-state index in [1.807, 2.05) is 24.3 Å². The summed E-state index contributed by atoms with van der Waals surface area (Å²) in [4.78, 5) is 3.71. The van der Waals surface area contributed by atoms with Crippen LogP contribution in [0.25, 0.3) is 0 Å². The number of alkyl halides is 2. The van der Waals surface area contributed by atoms with Gasteiger partial charge in [0.05, 0.1) is 20.1 Å². The first-order valence-corrected chi connectivity index (χ1v) is 13.5. The lowest BCUT2D eigenvalue weighted by Gasteiger charge is -2.11. The van der Waals surface area contributed by atoms with Gasteiger partial charge < -0.3 is 0 Å². The standard InChI is InChI=1S/C16H12Br2Cl4S3/c17-1-3-23-15-11(19)5-9(6-12(15)20)25-10-7-13(21)16(14(22)8-10)24-4-2-18/h5-8H,1-4H2. The minimum Gasteiger partial charge on any atom is -0.122 e. The highest BCUT2D eigenvalue weighted by Crippen LogP contribution is 2.43. The van der Waals surface area contributed by atoms with E-state index in [1.165, 1.54) is 11.8 Å². The summed E-state index contributed by atoms with van der Waals surface area (Å²) in [6, 6.07) is 7.68. The molecule has 0 aliphatic heterocycles. The van der Waals surface area contributed by atoms with Crippen molar-refractivity contribution < 1.29 is 0 Å². The van der Waals surface area contributed by atoms with Crippen LogP contribution in [0.1, 0.15) is 0 Å². The first kappa shape index (κ1) is 22.9. The van der Waals surface area contributed by atoms with Crippen LogP contribution in [-0.2, 0) is 0 Å². The zero-order chi connectivity index (χ0) is 18.4. The molecule has 0 radical (unpaired) electrons. The van der Waals surface area contributed by atoms with Gasteiger partial charge in [-0.2, -0.15) is 0 Å². The maximum Gasteiger partial charge on any atom is 0.0568 e. The Hall–Kier alpha value is 1.61. The number of rotatable bonds is 8. The molecule has 0 fully saturated rings. The molecule has 2 aromatic carbocycles. The first-order chi connectivity index (χ1) is 12.0. The molecule has 9 heteroatoms. The predicted molar refractivity (Wildman–Crippen MR) is 126 cm³/mol. The van der Waals surface area contributed by atoms with E-state index >= 15 is 0 Å². The minimum absolute atomic E-state index is 0.655. The Labute approximate surface area is 197 Å². The molecule has 0 spiro atoms. The molecule has 0 saturated carbocycles. The third-order valence-electron chi connectivity index (χ3n) is 2.83. The van der Waals surface area contributed by atoms with Gasteiger partial charge in [0.15, 0.2) is 0 Å². The summed E-state index contributed by atoms with van der Waals surface area (Å²) in [5.41, 5.74) is 0. The van der Waals surface area contributed by atoms with Crippen LogP contribution in [0.4, 0.5) is 0 Å².